The molecule has 3 heterocycles. The first-order valence-corrected chi connectivity index (χ1v) is 11.8. The van der Waals surface area contributed by atoms with E-state index in [9.17, 15) is 14.4 Å². The van der Waals surface area contributed by atoms with Crippen LogP contribution in [0.5, 0.6) is 5.88 Å². The van der Waals surface area contributed by atoms with Crippen molar-refractivity contribution in [2.75, 3.05) is 27.2 Å². The molecule has 36 heavy (non-hydrogen) atoms. The van der Waals surface area contributed by atoms with Gasteiger partial charge in [0.15, 0.2) is 11.5 Å². The highest BCUT2D eigenvalue weighted by molar-refractivity contribution is 5.95. The highest BCUT2D eigenvalue weighted by Gasteiger charge is 2.40. The van der Waals surface area contributed by atoms with Crippen LogP contribution in [0.3, 0.4) is 0 Å². The van der Waals surface area contributed by atoms with Crippen molar-refractivity contribution in [1.82, 2.24) is 19.6 Å². The van der Waals surface area contributed by atoms with Crippen LogP contribution in [0.4, 0.5) is 4.79 Å². The lowest BCUT2D eigenvalue weighted by Crippen LogP contribution is -2.50. The van der Waals surface area contributed by atoms with Crippen LogP contribution in [-0.4, -0.2) is 64.5 Å². The van der Waals surface area contributed by atoms with Crippen molar-refractivity contribution in [2.45, 2.75) is 32.9 Å². The first-order valence-electron chi connectivity index (χ1n) is 11.8. The van der Waals surface area contributed by atoms with E-state index in [1.807, 2.05) is 31.2 Å². The molecule has 0 saturated carbocycles. The van der Waals surface area contributed by atoms with Gasteiger partial charge in [0, 0.05) is 32.7 Å². The van der Waals surface area contributed by atoms with Gasteiger partial charge in [-0.05, 0) is 36.1 Å². The second kappa shape index (κ2) is 10.4. The number of ketones is 1. The quantitative estimate of drug-likeness (QED) is 0.560. The van der Waals surface area contributed by atoms with Crippen molar-refractivity contribution in [3.05, 3.63) is 70.8 Å². The van der Waals surface area contributed by atoms with Crippen LogP contribution in [0.15, 0.2) is 47.1 Å². The number of carbonyl (C=O) groups excluding carboxylic acids is 3. The third-order valence-corrected chi connectivity index (χ3v) is 6.38. The van der Waals surface area contributed by atoms with Gasteiger partial charge in [-0.3, -0.25) is 9.59 Å². The Morgan fingerprint density at radius 3 is 2.47 bits per heavy atom. The molecule has 4 rings (SSSR count). The summed E-state index contributed by atoms with van der Waals surface area (Å²) in [5.41, 5.74) is 8.65. The van der Waals surface area contributed by atoms with Crippen molar-refractivity contribution in [3.63, 3.8) is 0 Å². The Kier molecular flexibility index (Phi) is 7.25. The zero-order valence-corrected chi connectivity index (χ0v) is 20.9. The fourth-order valence-electron chi connectivity index (χ4n) is 4.50. The van der Waals surface area contributed by atoms with Crippen molar-refractivity contribution < 1.29 is 23.5 Å². The molecule has 1 aliphatic heterocycles. The average molecular weight is 494 g/mol. The van der Waals surface area contributed by atoms with Gasteiger partial charge in [-0.2, -0.15) is 9.78 Å². The minimum atomic E-state index is -0.576. The van der Waals surface area contributed by atoms with Gasteiger partial charge in [0.25, 0.3) is 0 Å². The van der Waals surface area contributed by atoms with Gasteiger partial charge in [0.1, 0.15) is 6.61 Å². The van der Waals surface area contributed by atoms with Crippen LogP contribution in [0, 0.1) is 12.8 Å². The van der Waals surface area contributed by atoms with Gasteiger partial charge in [-0.25, -0.2) is 4.79 Å². The number of ether oxygens (including phenoxy) is 1. The molecule has 0 spiro atoms. The molecular formula is C26H31N5O5. The van der Waals surface area contributed by atoms with Gasteiger partial charge in [-0.15, -0.1) is 0 Å². The van der Waals surface area contributed by atoms with Gasteiger partial charge < -0.3 is 24.7 Å². The highest BCUT2D eigenvalue weighted by Crippen LogP contribution is 2.36. The van der Waals surface area contributed by atoms with Crippen molar-refractivity contribution in [1.29, 1.82) is 0 Å². The van der Waals surface area contributed by atoms with E-state index >= 15 is 0 Å². The molecule has 1 fully saturated rings. The van der Waals surface area contributed by atoms with Crippen LogP contribution < -0.4 is 10.5 Å². The van der Waals surface area contributed by atoms with Crippen molar-refractivity contribution >= 4 is 17.7 Å². The van der Waals surface area contributed by atoms with E-state index < -0.39 is 11.8 Å². The van der Waals surface area contributed by atoms with Crippen LogP contribution in [0.1, 0.15) is 45.8 Å². The Labute approximate surface area is 209 Å². The smallest absolute Gasteiger partial charge is 0.319 e. The van der Waals surface area contributed by atoms with Gasteiger partial charge in [0.2, 0.25) is 5.88 Å². The number of amides is 2. The molecule has 0 radical (unpaired) electrons. The van der Waals surface area contributed by atoms with E-state index in [1.54, 1.807) is 33.2 Å². The first kappa shape index (κ1) is 25.2. The van der Waals surface area contributed by atoms with Gasteiger partial charge >= 0.3 is 11.9 Å². The summed E-state index contributed by atoms with van der Waals surface area (Å²) in [6.07, 6.45) is 1.41. The Morgan fingerprint density at radius 1 is 1.19 bits per heavy atom. The summed E-state index contributed by atoms with van der Waals surface area (Å²) < 4.78 is 12.6. The number of benzene rings is 1. The highest BCUT2D eigenvalue weighted by atomic mass is 16.5. The second-order valence-electron chi connectivity index (χ2n) is 9.30. The molecule has 2 N–H and O–H groups in total. The summed E-state index contributed by atoms with van der Waals surface area (Å²) in [5.74, 6) is -1.05. The Bertz CT molecular complexity index is 1250. The molecule has 2 amide bonds. The van der Waals surface area contributed by atoms with E-state index in [4.69, 9.17) is 14.9 Å². The second-order valence-corrected chi connectivity index (χ2v) is 9.30. The minimum Gasteiger partial charge on any atom is -0.472 e. The van der Waals surface area contributed by atoms with E-state index in [0.717, 1.165) is 15.8 Å². The number of urea groups is 1. The van der Waals surface area contributed by atoms with Crippen molar-refractivity contribution in [3.8, 4) is 5.88 Å². The number of carbonyl (C=O) groups is 3. The number of likely N-dealkylation sites (tertiary alicyclic amines) is 1. The standard InChI is InChI=1S/C26H31N5O5/c1-16-13-30(26(34)29(3)4)14-20(32)22(16)23-17(2)25(31(28-23)24(33)21-6-5-11-35-21)36-15-19-9-7-18(12-27)8-10-19/h5-11,16,22H,12-15,27H2,1-4H3. The molecule has 10 nitrogen and oxygen atoms in total. The molecule has 1 aliphatic rings. The number of hydrogen-bond acceptors (Lipinski definition) is 7. The number of nitrogens with two attached hydrogens (primary N) is 1. The van der Waals surface area contributed by atoms with Crippen LogP contribution in [-0.2, 0) is 17.9 Å². The lowest BCUT2D eigenvalue weighted by Gasteiger charge is -2.36. The van der Waals surface area contributed by atoms with E-state index in [2.05, 4.69) is 5.10 Å². The lowest BCUT2D eigenvalue weighted by molar-refractivity contribution is -0.124. The van der Waals surface area contributed by atoms with Crippen LogP contribution in [0.2, 0.25) is 0 Å². The molecule has 190 valence electrons. The predicted molar refractivity (Wildman–Crippen MR) is 132 cm³/mol. The SMILES string of the molecule is Cc1c(C2C(=O)CN(C(=O)N(C)C)CC2C)nn(C(=O)c2ccco2)c1OCc1ccc(CN)cc1. The predicted octanol–water partition coefficient (Wildman–Crippen LogP) is 2.80. The maximum absolute atomic E-state index is 13.2. The summed E-state index contributed by atoms with van der Waals surface area (Å²) in [5, 5.41) is 4.57. The lowest BCUT2D eigenvalue weighted by atomic mass is 9.82. The monoisotopic (exact) mass is 493 g/mol. The fourth-order valence-corrected chi connectivity index (χ4v) is 4.50. The van der Waals surface area contributed by atoms with E-state index in [1.165, 1.54) is 16.1 Å². The molecular weight excluding hydrogens is 462 g/mol. The normalized spacial score (nSPS) is 17.8. The number of piperidine rings is 1. The van der Waals surface area contributed by atoms with Gasteiger partial charge in [-0.1, -0.05) is 31.2 Å². The number of rotatable bonds is 6. The van der Waals surface area contributed by atoms with Crippen LogP contribution >= 0.6 is 0 Å². The zero-order valence-electron chi connectivity index (χ0n) is 20.9. The minimum absolute atomic E-state index is 0.0197. The summed E-state index contributed by atoms with van der Waals surface area (Å²) >= 11 is 0. The van der Waals surface area contributed by atoms with E-state index in [0.29, 0.717) is 24.3 Å². The number of furan rings is 1. The third-order valence-electron chi connectivity index (χ3n) is 6.38. The third kappa shape index (κ3) is 4.90. The Morgan fingerprint density at radius 2 is 1.89 bits per heavy atom. The van der Waals surface area contributed by atoms with Gasteiger partial charge in [0.05, 0.1) is 24.4 Å². The number of hydrogen-bond donors (Lipinski definition) is 1. The number of Topliss-reactive ketones (excluding diaryl/α,β-unsaturated/α-hetero) is 1. The zero-order chi connectivity index (χ0) is 26.0. The average Bonchev–Trinajstić information content (AvgIpc) is 3.51. The Hall–Kier alpha value is -3.92. The maximum Gasteiger partial charge on any atom is 0.319 e. The first-order chi connectivity index (χ1) is 17.2. The molecule has 2 unspecified atom stereocenters. The largest absolute Gasteiger partial charge is 0.472 e. The molecule has 2 aromatic heterocycles. The topological polar surface area (TPSA) is 124 Å². The summed E-state index contributed by atoms with van der Waals surface area (Å²) in [4.78, 5) is 41.9. The maximum atomic E-state index is 13.2. The number of aromatic nitrogens is 2. The molecule has 10 heteroatoms. The summed E-state index contributed by atoms with van der Waals surface area (Å²) in [6, 6.07) is 10.6. The molecule has 0 aliphatic carbocycles. The molecule has 1 saturated heterocycles. The molecule has 0 bridgehead atoms. The van der Waals surface area contributed by atoms with Crippen molar-refractivity contribution in [2.24, 2.45) is 11.7 Å². The fraction of sp³-hybridized carbons (Fsp3) is 0.385. The van der Waals surface area contributed by atoms with E-state index in [-0.39, 0.29) is 42.5 Å². The Balaban J connectivity index is 1.66. The van der Waals surface area contributed by atoms with Crippen LogP contribution in [0.25, 0.3) is 0 Å². The molecule has 1 aromatic carbocycles. The summed E-state index contributed by atoms with van der Waals surface area (Å²) in [6.45, 7) is 4.72. The summed E-state index contributed by atoms with van der Waals surface area (Å²) in [7, 11) is 3.31. The molecule has 2 atom stereocenters. The molecule has 3 aromatic rings. The number of nitrogens with zero attached hydrogens (tertiary/aromatic N) is 4.